The van der Waals surface area contributed by atoms with E-state index >= 15 is 0 Å². The van der Waals surface area contributed by atoms with Crippen LogP contribution in [0.25, 0.3) is 0 Å². The third kappa shape index (κ3) is 3.11. The smallest absolute Gasteiger partial charge is 0.123 e. The lowest BCUT2D eigenvalue weighted by molar-refractivity contribution is 0.108. The Morgan fingerprint density at radius 1 is 0.909 bits per heavy atom. The highest BCUT2D eigenvalue weighted by Crippen LogP contribution is 2.43. The van der Waals surface area contributed by atoms with Crippen molar-refractivity contribution in [2.45, 2.75) is 19.4 Å². The summed E-state index contributed by atoms with van der Waals surface area (Å²) in [6.07, 6.45) is 7.72. The normalized spacial score (nSPS) is 32.0. The number of allylic oxidation sites excluding steroid dienone is 2. The molecule has 3 atom stereocenters. The minimum absolute atomic E-state index is 0.145. The first-order valence-electron chi connectivity index (χ1n) is 8.64. The van der Waals surface area contributed by atoms with Crippen LogP contribution < -0.4 is 0 Å². The molecule has 0 spiro atoms. The van der Waals surface area contributed by atoms with Crippen molar-refractivity contribution in [3.05, 3.63) is 47.8 Å². The van der Waals surface area contributed by atoms with E-state index in [0.29, 0.717) is 0 Å². The molecule has 4 rings (SSSR count). The fraction of sp³-hybridized carbons (Fsp3) is 0.579. The van der Waals surface area contributed by atoms with E-state index < -0.39 is 0 Å². The molecule has 1 heterocycles. The predicted molar refractivity (Wildman–Crippen MR) is 87.0 cm³/mol. The fourth-order valence-corrected chi connectivity index (χ4v) is 4.41. The Morgan fingerprint density at radius 2 is 1.64 bits per heavy atom. The van der Waals surface area contributed by atoms with Gasteiger partial charge in [-0.25, -0.2) is 4.39 Å². The molecule has 2 aliphatic carbocycles. The van der Waals surface area contributed by atoms with Crippen LogP contribution in [0.3, 0.4) is 0 Å². The molecule has 0 radical (unpaired) electrons. The Bertz CT molecular complexity index is 531. The Hall–Kier alpha value is -1.19. The summed E-state index contributed by atoms with van der Waals surface area (Å²) in [4.78, 5) is 5.14. The largest absolute Gasteiger partial charge is 0.300 e. The van der Waals surface area contributed by atoms with E-state index in [1.165, 1.54) is 38.0 Å². The van der Waals surface area contributed by atoms with Gasteiger partial charge < -0.3 is 4.90 Å². The maximum absolute atomic E-state index is 12.9. The molecule has 1 saturated heterocycles. The lowest BCUT2D eigenvalue weighted by atomic mass is 9.93. The summed E-state index contributed by atoms with van der Waals surface area (Å²) in [5, 5.41) is 0. The molecule has 0 amide bonds. The topological polar surface area (TPSA) is 6.48 Å². The second-order valence-corrected chi connectivity index (χ2v) is 7.24. The van der Waals surface area contributed by atoms with Gasteiger partial charge in [0.1, 0.15) is 5.82 Å². The molecular formula is C19H25FN2. The van der Waals surface area contributed by atoms with Crippen molar-refractivity contribution in [3.63, 3.8) is 0 Å². The summed E-state index contributed by atoms with van der Waals surface area (Å²) in [5.74, 6) is 2.50. The fourth-order valence-electron chi connectivity index (χ4n) is 4.41. The van der Waals surface area contributed by atoms with Crippen LogP contribution in [0.4, 0.5) is 4.39 Å². The molecule has 0 N–H and O–H groups in total. The average Bonchev–Trinajstić information content (AvgIpc) is 3.14. The van der Waals surface area contributed by atoms with Gasteiger partial charge in [0, 0.05) is 39.3 Å². The molecule has 22 heavy (non-hydrogen) atoms. The van der Waals surface area contributed by atoms with Crippen molar-refractivity contribution in [2.75, 3.05) is 32.7 Å². The lowest BCUT2D eigenvalue weighted by Gasteiger charge is -2.37. The monoisotopic (exact) mass is 300 g/mol. The van der Waals surface area contributed by atoms with Crippen LogP contribution in [0.1, 0.15) is 18.4 Å². The summed E-state index contributed by atoms with van der Waals surface area (Å²) in [6.45, 7) is 6.86. The summed E-state index contributed by atoms with van der Waals surface area (Å²) in [6, 6.07) is 6.94. The molecule has 2 bridgehead atoms. The minimum atomic E-state index is -0.145. The average molecular weight is 300 g/mol. The number of piperazine rings is 1. The van der Waals surface area contributed by atoms with Gasteiger partial charge in [-0.2, -0.15) is 0 Å². The van der Waals surface area contributed by atoms with E-state index in [1.54, 1.807) is 12.1 Å². The third-order valence-corrected chi connectivity index (χ3v) is 5.69. The molecule has 1 aliphatic heterocycles. The van der Waals surface area contributed by atoms with Crippen LogP contribution in [-0.2, 0) is 6.54 Å². The number of rotatable bonds is 4. The maximum Gasteiger partial charge on any atom is 0.123 e. The number of fused-ring (bicyclic) bond motifs is 2. The predicted octanol–water partition coefficient (Wildman–Crippen LogP) is 3.16. The van der Waals surface area contributed by atoms with Gasteiger partial charge in [-0.3, -0.25) is 4.90 Å². The van der Waals surface area contributed by atoms with Crippen molar-refractivity contribution >= 4 is 0 Å². The highest BCUT2D eigenvalue weighted by molar-refractivity contribution is 5.16. The van der Waals surface area contributed by atoms with Gasteiger partial charge in [0.2, 0.25) is 0 Å². The van der Waals surface area contributed by atoms with E-state index in [9.17, 15) is 4.39 Å². The second kappa shape index (κ2) is 6.13. The lowest BCUT2D eigenvalue weighted by Crippen LogP contribution is -2.47. The first kappa shape index (κ1) is 14.4. The first-order chi connectivity index (χ1) is 10.8. The van der Waals surface area contributed by atoms with Crippen molar-refractivity contribution in [2.24, 2.45) is 17.8 Å². The highest BCUT2D eigenvalue weighted by atomic mass is 19.1. The van der Waals surface area contributed by atoms with Gasteiger partial charge >= 0.3 is 0 Å². The molecular weight excluding hydrogens is 275 g/mol. The van der Waals surface area contributed by atoms with Crippen LogP contribution in [0.5, 0.6) is 0 Å². The summed E-state index contributed by atoms with van der Waals surface area (Å²) in [7, 11) is 0. The van der Waals surface area contributed by atoms with E-state index in [1.807, 2.05) is 12.1 Å². The Morgan fingerprint density at radius 3 is 2.27 bits per heavy atom. The Kier molecular flexibility index (Phi) is 4.01. The number of hydrogen-bond acceptors (Lipinski definition) is 2. The third-order valence-electron chi connectivity index (χ3n) is 5.69. The Labute approximate surface area is 132 Å². The maximum atomic E-state index is 12.9. The van der Waals surface area contributed by atoms with Crippen LogP contribution >= 0.6 is 0 Å². The van der Waals surface area contributed by atoms with Crippen molar-refractivity contribution in [3.8, 4) is 0 Å². The summed E-state index contributed by atoms with van der Waals surface area (Å²) >= 11 is 0. The Balaban J connectivity index is 1.24. The van der Waals surface area contributed by atoms with Gasteiger partial charge in [-0.05, 0) is 48.3 Å². The van der Waals surface area contributed by atoms with Crippen LogP contribution in [0.2, 0.25) is 0 Å². The number of benzene rings is 1. The van der Waals surface area contributed by atoms with Crippen molar-refractivity contribution in [1.82, 2.24) is 9.80 Å². The van der Waals surface area contributed by atoms with Crippen LogP contribution in [-0.4, -0.2) is 42.5 Å². The van der Waals surface area contributed by atoms with Crippen LogP contribution in [0.15, 0.2) is 36.4 Å². The van der Waals surface area contributed by atoms with E-state index in [0.717, 1.165) is 37.4 Å². The van der Waals surface area contributed by atoms with E-state index in [2.05, 4.69) is 22.0 Å². The van der Waals surface area contributed by atoms with Gasteiger partial charge in [-0.1, -0.05) is 24.3 Å². The standard InChI is InChI=1S/C19H25FN2/c20-19-5-2-15(3-6-19)13-21-7-9-22(10-8-21)14-18-12-16-1-4-17(18)11-16/h1-6,16-18H,7-14H2/t16-,17+,18-/m1/s1. The van der Waals surface area contributed by atoms with Gasteiger partial charge in [0.05, 0.1) is 0 Å². The molecule has 0 unspecified atom stereocenters. The van der Waals surface area contributed by atoms with Gasteiger partial charge in [-0.15, -0.1) is 0 Å². The molecule has 118 valence electrons. The molecule has 3 heteroatoms. The van der Waals surface area contributed by atoms with Crippen LogP contribution in [0, 0.1) is 23.6 Å². The molecule has 3 aliphatic rings. The minimum Gasteiger partial charge on any atom is -0.300 e. The zero-order valence-corrected chi connectivity index (χ0v) is 13.1. The number of halogens is 1. The van der Waals surface area contributed by atoms with Gasteiger partial charge in [0.25, 0.3) is 0 Å². The quantitative estimate of drug-likeness (QED) is 0.788. The number of hydrogen-bond donors (Lipinski definition) is 0. The SMILES string of the molecule is Fc1ccc(CN2CCN(C[C@H]3C[C@@H]4C=C[C@H]3C4)CC2)cc1. The van der Waals surface area contributed by atoms with Crippen molar-refractivity contribution < 1.29 is 4.39 Å². The highest BCUT2D eigenvalue weighted by Gasteiger charge is 2.36. The van der Waals surface area contributed by atoms with Crippen molar-refractivity contribution in [1.29, 1.82) is 0 Å². The number of nitrogens with zero attached hydrogens (tertiary/aromatic N) is 2. The van der Waals surface area contributed by atoms with Gasteiger partial charge in [0.15, 0.2) is 0 Å². The zero-order chi connectivity index (χ0) is 14.9. The molecule has 1 aromatic rings. The zero-order valence-electron chi connectivity index (χ0n) is 13.1. The first-order valence-corrected chi connectivity index (χ1v) is 8.64. The summed E-state index contributed by atoms with van der Waals surface area (Å²) in [5.41, 5.74) is 1.22. The molecule has 1 aromatic carbocycles. The van der Waals surface area contributed by atoms with E-state index in [4.69, 9.17) is 0 Å². The summed E-state index contributed by atoms with van der Waals surface area (Å²) < 4.78 is 12.9. The molecule has 1 saturated carbocycles. The second-order valence-electron chi connectivity index (χ2n) is 7.24. The molecule has 2 nitrogen and oxygen atoms in total. The molecule has 2 fully saturated rings. The molecule has 0 aromatic heterocycles. The van der Waals surface area contributed by atoms with E-state index in [-0.39, 0.29) is 5.82 Å².